The summed E-state index contributed by atoms with van der Waals surface area (Å²) in [6.45, 7) is 5.39. The first-order valence-electron chi connectivity index (χ1n) is 3.81. The predicted molar refractivity (Wildman–Crippen MR) is 47.2 cm³/mol. The Bertz CT molecular complexity index is 147. The Morgan fingerprint density at radius 3 is 1.67 bits per heavy atom. The lowest BCUT2D eigenvalue weighted by atomic mass is 10.6. The van der Waals surface area contributed by atoms with Crippen molar-refractivity contribution in [2.24, 2.45) is 0 Å². The molecule has 0 saturated carbocycles. The van der Waals surface area contributed by atoms with E-state index < -0.39 is 5.97 Å². The second-order valence-corrected chi connectivity index (χ2v) is 2.24. The van der Waals surface area contributed by atoms with E-state index in [0.717, 1.165) is 0 Å². The third-order valence-corrected chi connectivity index (χ3v) is 1.21. The summed E-state index contributed by atoms with van der Waals surface area (Å²) in [7, 11) is 1.52. The standard InChI is InChI=1S/C9H16O3/c1-5-7-11-9(3,10-4)12-8-6-2/h5-8H,1-4H3/b7-5+,8-6+. The molecule has 70 valence electrons. The highest BCUT2D eigenvalue weighted by Gasteiger charge is 2.24. The fraction of sp³-hybridized carbons (Fsp3) is 0.556. The Hall–Kier alpha value is -0.960. The van der Waals surface area contributed by atoms with Gasteiger partial charge in [-0.25, -0.2) is 0 Å². The molecule has 0 unspecified atom stereocenters. The zero-order valence-electron chi connectivity index (χ0n) is 8.03. The molecule has 0 aliphatic rings. The normalized spacial score (nSPS) is 12.7. The monoisotopic (exact) mass is 172 g/mol. The van der Waals surface area contributed by atoms with Gasteiger partial charge in [0.1, 0.15) is 0 Å². The SMILES string of the molecule is C/C=C/OC(C)(OC)O/C=C/C. The average molecular weight is 172 g/mol. The molecule has 0 bridgehead atoms. The Kier molecular flexibility index (Phi) is 5.21. The summed E-state index contributed by atoms with van der Waals surface area (Å²) in [5.74, 6) is -1.03. The molecule has 0 aromatic rings. The molecule has 0 N–H and O–H groups in total. The summed E-state index contributed by atoms with van der Waals surface area (Å²) in [5, 5.41) is 0. The van der Waals surface area contributed by atoms with Crippen molar-refractivity contribution in [3.05, 3.63) is 24.7 Å². The van der Waals surface area contributed by atoms with E-state index in [1.807, 2.05) is 13.8 Å². The van der Waals surface area contributed by atoms with Crippen LogP contribution in [-0.2, 0) is 14.2 Å². The van der Waals surface area contributed by atoms with Gasteiger partial charge in [0.15, 0.2) is 0 Å². The molecule has 3 heteroatoms. The molecule has 0 fully saturated rings. The second-order valence-electron chi connectivity index (χ2n) is 2.24. The maximum atomic E-state index is 5.15. The minimum absolute atomic E-state index is 1.03. The van der Waals surface area contributed by atoms with Crippen molar-refractivity contribution in [2.45, 2.75) is 26.7 Å². The number of hydrogen-bond acceptors (Lipinski definition) is 3. The van der Waals surface area contributed by atoms with Crippen LogP contribution in [0.4, 0.5) is 0 Å². The van der Waals surface area contributed by atoms with Crippen molar-refractivity contribution >= 4 is 0 Å². The van der Waals surface area contributed by atoms with Crippen LogP contribution in [0.2, 0.25) is 0 Å². The van der Waals surface area contributed by atoms with E-state index in [1.54, 1.807) is 19.1 Å². The van der Waals surface area contributed by atoms with Gasteiger partial charge in [-0.15, -0.1) is 0 Å². The molecule has 0 radical (unpaired) electrons. The Morgan fingerprint density at radius 2 is 1.42 bits per heavy atom. The molecule has 0 aromatic heterocycles. The third kappa shape index (κ3) is 4.03. The molecule has 0 rings (SSSR count). The van der Waals surface area contributed by atoms with E-state index in [1.165, 1.54) is 19.6 Å². The summed E-state index contributed by atoms with van der Waals surface area (Å²) >= 11 is 0. The predicted octanol–water partition coefficient (Wildman–Crippen LogP) is 2.41. The zero-order chi connectivity index (χ0) is 9.45. The number of hydrogen-bond donors (Lipinski definition) is 0. The van der Waals surface area contributed by atoms with Gasteiger partial charge in [-0.1, -0.05) is 12.2 Å². The van der Waals surface area contributed by atoms with Crippen LogP contribution in [0.1, 0.15) is 20.8 Å². The lowest BCUT2D eigenvalue weighted by Gasteiger charge is -2.25. The van der Waals surface area contributed by atoms with Crippen LogP contribution in [0.5, 0.6) is 0 Å². The molecule has 0 aliphatic heterocycles. The first-order chi connectivity index (χ1) is 5.68. The summed E-state index contributed by atoms with van der Waals surface area (Å²) in [5.41, 5.74) is 0. The van der Waals surface area contributed by atoms with Crippen molar-refractivity contribution in [3.8, 4) is 0 Å². The quantitative estimate of drug-likeness (QED) is 0.471. The summed E-state index contributed by atoms with van der Waals surface area (Å²) in [4.78, 5) is 0. The third-order valence-electron chi connectivity index (χ3n) is 1.21. The highest BCUT2D eigenvalue weighted by atomic mass is 16.9. The molecule has 0 amide bonds. The van der Waals surface area contributed by atoms with Gasteiger partial charge in [-0.2, -0.15) is 0 Å². The summed E-state index contributed by atoms with van der Waals surface area (Å²) in [6, 6.07) is 0. The highest BCUT2D eigenvalue weighted by Crippen LogP contribution is 2.13. The van der Waals surface area contributed by atoms with Crippen molar-refractivity contribution in [1.29, 1.82) is 0 Å². The van der Waals surface area contributed by atoms with E-state index in [0.29, 0.717) is 0 Å². The van der Waals surface area contributed by atoms with Gasteiger partial charge in [0.25, 0.3) is 0 Å². The Balaban J connectivity index is 4.03. The zero-order valence-corrected chi connectivity index (χ0v) is 8.03. The van der Waals surface area contributed by atoms with E-state index in [-0.39, 0.29) is 0 Å². The molecular formula is C9H16O3. The first kappa shape index (κ1) is 11.0. The largest absolute Gasteiger partial charge is 0.438 e. The fourth-order valence-corrected chi connectivity index (χ4v) is 0.507. The van der Waals surface area contributed by atoms with Gasteiger partial charge in [0.2, 0.25) is 0 Å². The van der Waals surface area contributed by atoms with Crippen molar-refractivity contribution < 1.29 is 14.2 Å². The molecule has 0 heterocycles. The van der Waals surface area contributed by atoms with Crippen LogP contribution in [0.15, 0.2) is 24.7 Å². The number of rotatable bonds is 5. The van der Waals surface area contributed by atoms with Crippen molar-refractivity contribution in [2.75, 3.05) is 7.11 Å². The maximum absolute atomic E-state index is 5.15. The molecule has 0 spiro atoms. The molecule has 12 heavy (non-hydrogen) atoms. The maximum Gasteiger partial charge on any atom is 0.367 e. The highest BCUT2D eigenvalue weighted by molar-refractivity contribution is 4.71. The minimum Gasteiger partial charge on any atom is -0.438 e. The molecular weight excluding hydrogens is 156 g/mol. The summed E-state index contributed by atoms with van der Waals surface area (Å²) in [6.07, 6.45) is 6.56. The van der Waals surface area contributed by atoms with Crippen LogP contribution < -0.4 is 0 Å². The lowest BCUT2D eigenvalue weighted by molar-refractivity contribution is -0.317. The number of allylic oxidation sites excluding steroid dienone is 2. The van der Waals surface area contributed by atoms with Crippen LogP contribution in [-0.4, -0.2) is 13.1 Å². The van der Waals surface area contributed by atoms with Gasteiger partial charge >= 0.3 is 5.97 Å². The van der Waals surface area contributed by atoms with E-state index in [4.69, 9.17) is 14.2 Å². The van der Waals surface area contributed by atoms with Crippen LogP contribution in [0.25, 0.3) is 0 Å². The van der Waals surface area contributed by atoms with Crippen LogP contribution in [0.3, 0.4) is 0 Å². The van der Waals surface area contributed by atoms with Crippen molar-refractivity contribution in [1.82, 2.24) is 0 Å². The smallest absolute Gasteiger partial charge is 0.367 e. The van der Waals surface area contributed by atoms with E-state index in [2.05, 4.69) is 0 Å². The minimum atomic E-state index is -1.03. The number of ether oxygens (including phenoxy) is 3. The lowest BCUT2D eigenvalue weighted by Crippen LogP contribution is -2.30. The van der Waals surface area contributed by atoms with Gasteiger partial charge < -0.3 is 14.2 Å². The van der Waals surface area contributed by atoms with Crippen LogP contribution >= 0.6 is 0 Å². The average Bonchev–Trinajstić information content (AvgIpc) is 2.11. The molecule has 0 atom stereocenters. The molecule has 0 aliphatic carbocycles. The van der Waals surface area contributed by atoms with Crippen LogP contribution in [0, 0.1) is 0 Å². The van der Waals surface area contributed by atoms with E-state index in [9.17, 15) is 0 Å². The van der Waals surface area contributed by atoms with E-state index >= 15 is 0 Å². The second kappa shape index (κ2) is 5.66. The van der Waals surface area contributed by atoms with Gasteiger partial charge in [0.05, 0.1) is 12.5 Å². The Labute approximate surface area is 73.6 Å². The molecule has 0 aromatic carbocycles. The van der Waals surface area contributed by atoms with Crippen molar-refractivity contribution in [3.63, 3.8) is 0 Å². The van der Waals surface area contributed by atoms with Gasteiger partial charge in [-0.05, 0) is 13.8 Å². The van der Waals surface area contributed by atoms with Gasteiger partial charge in [0, 0.05) is 14.0 Å². The fourth-order valence-electron chi connectivity index (χ4n) is 0.507. The first-order valence-corrected chi connectivity index (χ1v) is 3.81. The molecule has 0 saturated heterocycles. The molecule has 3 nitrogen and oxygen atoms in total. The Morgan fingerprint density at radius 1 is 1.00 bits per heavy atom. The number of methoxy groups -OCH3 is 1. The summed E-state index contributed by atoms with van der Waals surface area (Å²) < 4.78 is 15.3. The van der Waals surface area contributed by atoms with Gasteiger partial charge in [-0.3, -0.25) is 0 Å². The topological polar surface area (TPSA) is 27.7 Å².